The zero-order valence-corrected chi connectivity index (χ0v) is 30.0. The Hall–Kier alpha value is -3.91. The summed E-state index contributed by atoms with van der Waals surface area (Å²) in [6.45, 7) is -0.0150. The van der Waals surface area contributed by atoms with Crippen molar-refractivity contribution in [3.05, 3.63) is 40.6 Å². The first-order chi connectivity index (χ1) is 26.6. The Kier molecular flexibility index (Phi) is 12.6. The van der Waals surface area contributed by atoms with Crippen molar-refractivity contribution in [2.75, 3.05) is 27.4 Å². The van der Waals surface area contributed by atoms with Crippen molar-refractivity contribution in [3.8, 4) is 40.1 Å². The molecule has 3 aliphatic heterocycles. The summed E-state index contributed by atoms with van der Waals surface area (Å²) in [5.74, 6) is -1.77. The third-order valence-corrected chi connectivity index (χ3v) is 9.80. The van der Waals surface area contributed by atoms with Gasteiger partial charge in [-0.05, 0) is 25.1 Å². The number of aliphatic hydroxyl groups is 10. The highest BCUT2D eigenvalue weighted by atomic mass is 16.7. The monoisotopic (exact) mass is 800 g/mol. The van der Waals surface area contributed by atoms with Crippen LogP contribution in [0.2, 0.25) is 0 Å². The Morgan fingerprint density at radius 2 is 1.27 bits per heavy atom. The van der Waals surface area contributed by atoms with Crippen molar-refractivity contribution in [3.63, 3.8) is 0 Å². The Bertz CT molecular complexity index is 1890. The van der Waals surface area contributed by atoms with E-state index in [9.17, 15) is 61.0 Å². The standard InChI is InChI=1S/C35H44O21/c1-11-21(38)25(42)28(45)33(51-11)50-10-19-23(40)27(44)30(47)35(55-19)56-32-24(41)20-16(52-31(32)12-4-5-15(49-3)14(37)6-12)7-13(48-2)8-17(20)53-34-29(46)26(43)22(39)18(9-36)54-34/h4-8,11,18-19,21-23,25-30,33-40,42-47H,9-10H2,1-3H3/t11-,18-,19-,21-,22-,23-,25-,26-,27-,28+,29-,30-,33+,34-,35-/m0/s1. The highest BCUT2D eigenvalue weighted by molar-refractivity contribution is 5.89. The molecule has 0 bridgehead atoms. The maximum absolute atomic E-state index is 14.6. The van der Waals surface area contributed by atoms with E-state index < -0.39 is 122 Å². The van der Waals surface area contributed by atoms with Gasteiger partial charge in [0, 0.05) is 17.7 Å². The molecule has 56 heavy (non-hydrogen) atoms. The molecular weight excluding hydrogens is 756 g/mol. The fourth-order valence-corrected chi connectivity index (χ4v) is 6.48. The first-order valence-corrected chi connectivity index (χ1v) is 17.3. The van der Waals surface area contributed by atoms with E-state index in [4.69, 9.17) is 42.3 Å². The van der Waals surface area contributed by atoms with Gasteiger partial charge in [0.1, 0.15) is 89.6 Å². The van der Waals surface area contributed by atoms with Crippen LogP contribution in [0.3, 0.4) is 0 Å². The summed E-state index contributed by atoms with van der Waals surface area (Å²) in [4.78, 5) is 14.6. The Morgan fingerprint density at radius 1 is 0.661 bits per heavy atom. The molecule has 3 fully saturated rings. The number of benzene rings is 2. The summed E-state index contributed by atoms with van der Waals surface area (Å²) in [5.41, 5.74) is -1.25. The van der Waals surface area contributed by atoms with Gasteiger partial charge in [0.15, 0.2) is 23.5 Å². The Balaban J connectivity index is 1.41. The van der Waals surface area contributed by atoms with E-state index in [2.05, 4.69) is 0 Å². The molecule has 2 aromatic carbocycles. The van der Waals surface area contributed by atoms with Gasteiger partial charge in [-0.25, -0.2) is 0 Å². The van der Waals surface area contributed by atoms with E-state index in [-0.39, 0.29) is 39.9 Å². The third-order valence-electron chi connectivity index (χ3n) is 9.80. The molecule has 310 valence electrons. The lowest BCUT2D eigenvalue weighted by Gasteiger charge is -2.42. The number of fused-ring (bicyclic) bond motifs is 1. The molecule has 0 unspecified atom stereocenters. The number of aliphatic hydroxyl groups excluding tert-OH is 10. The molecule has 0 amide bonds. The maximum atomic E-state index is 14.6. The van der Waals surface area contributed by atoms with Crippen LogP contribution >= 0.6 is 0 Å². The predicted molar refractivity (Wildman–Crippen MR) is 183 cm³/mol. The van der Waals surface area contributed by atoms with Gasteiger partial charge in [0.2, 0.25) is 23.8 Å². The van der Waals surface area contributed by atoms with Gasteiger partial charge in [-0.1, -0.05) is 0 Å². The van der Waals surface area contributed by atoms with E-state index in [1.54, 1.807) is 0 Å². The molecule has 3 saturated heterocycles. The molecule has 0 aliphatic carbocycles. The zero-order valence-electron chi connectivity index (χ0n) is 30.0. The number of ether oxygens (including phenoxy) is 8. The van der Waals surface area contributed by atoms with Crippen molar-refractivity contribution in [2.24, 2.45) is 0 Å². The molecule has 0 radical (unpaired) electrons. The second-order valence-electron chi connectivity index (χ2n) is 13.4. The smallest absolute Gasteiger partial charge is 0.239 e. The van der Waals surface area contributed by atoms with E-state index in [0.29, 0.717) is 0 Å². The molecule has 1 aromatic heterocycles. The minimum atomic E-state index is -2.04. The highest BCUT2D eigenvalue weighted by Gasteiger charge is 2.48. The second kappa shape index (κ2) is 16.9. The molecule has 3 aromatic rings. The van der Waals surface area contributed by atoms with Crippen LogP contribution in [-0.4, -0.2) is 176 Å². The highest BCUT2D eigenvalue weighted by Crippen LogP contribution is 2.41. The van der Waals surface area contributed by atoms with Gasteiger partial charge in [0.05, 0.1) is 33.5 Å². The third kappa shape index (κ3) is 7.84. The van der Waals surface area contributed by atoms with Crippen molar-refractivity contribution in [1.29, 1.82) is 0 Å². The van der Waals surface area contributed by atoms with Crippen LogP contribution in [0.4, 0.5) is 0 Å². The molecule has 21 nitrogen and oxygen atoms in total. The number of phenols is 1. The first kappa shape index (κ1) is 41.7. The number of phenolic OH excluding ortho intramolecular Hbond substituents is 1. The molecule has 3 aliphatic rings. The molecule has 15 atom stereocenters. The summed E-state index contributed by atoms with van der Waals surface area (Å²) in [5, 5.41) is 114. The summed E-state index contributed by atoms with van der Waals surface area (Å²) in [6, 6.07) is 6.37. The molecular formula is C35H44O21. The number of aromatic hydroxyl groups is 1. The minimum absolute atomic E-state index is 0.0144. The fourth-order valence-electron chi connectivity index (χ4n) is 6.48. The topological polar surface area (TPSA) is 327 Å². The van der Waals surface area contributed by atoms with E-state index >= 15 is 0 Å². The van der Waals surface area contributed by atoms with E-state index in [1.165, 1.54) is 45.4 Å². The van der Waals surface area contributed by atoms with Gasteiger partial charge in [0.25, 0.3) is 0 Å². The first-order valence-electron chi connectivity index (χ1n) is 17.3. The van der Waals surface area contributed by atoms with Crippen LogP contribution in [-0.2, 0) is 18.9 Å². The van der Waals surface area contributed by atoms with Crippen LogP contribution in [0.25, 0.3) is 22.3 Å². The SMILES string of the molecule is COc1cc(O[C@H]2O[C@@H](CO)[C@H](O)[C@H](O)[C@@H]2O)c2c(=O)c(O[C@@H]3O[C@@H](CO[C@@H]4O[C@@H](C)[C@H](O)[C@H](O)[C@H]4O)[C@H](O)[C@H](O)[C@@H]3O)c(-c3ccc(OC)c(O)c3)oc2c1. The van der Waals surface area contributed by atoms with Crippen LogP contribution < -0.4 is 24.4 Å². The lowest BCUT2D eigenvalue weighted by Crippen LogP contribution is -2.61. The lowest BCUT2D eigenvalue weighted by molar-refractivity contribution is -0.318. The van der Waals surface area contributed by atoms with Crippen LogP contribution in [0.15, 0.2) is 39.5 Å². The van der Waals surface area contributed by atoms with Crippen LogP contribution in [0.1, 0.15) is 6.92 Å². The Labute approximate surface area is 316 Å². The minimum Gasteiger partial charge on any atom is -0.504 e. The predicted octanol–water partition coefficient (Wildman–Crippen LogP) is -3.61. The second-order valence-corrected chi connectivity index (χ2v) is 13.4. The van der Waals surface area contributed by atoms with E-state index in [1.807, 2.05) is 0 Å². The van der Waals surface area contributed by atoms with Gasteiger partial charge in [-0.2, -0.15) is 0 Å². The number of hydrogen-bond donors (Lipinski definition) is 11. The summed E-state index contributed by atoms with van der Waals surface area (Å²) in [6.07, 6.45) is -25.3. The molecule has 6 rings (SSSR count). The van der Waals surface area contributed by atoms with Gasteiger partial charge >= 0.3 is 0 Å². The average molecular weight is 801 g/mol. The quantitative estimate of drug-likeness (QED) is 0.0892. The molecule has 4 heterocycles. The number of hydrogen-bond acceptors (Lipinski definition) is 21. The zero-order chi connectivity index (χ0) is 40.7. The molecule has 11 N–H and O–H groups in total. The summed E-state index contributed by atoms with van der Waals surface area (Å²) < 4.78 is 50.6. The van der Waals surface area contributed by atoms with Crippen LogP contribution in [0, 0.1) is 0 Å². The fraction of sp³-hybridized carbons (Fsp3) is 0.571. The normalized spacial score (nSPS) is 36.3. The van der Waals surface area contributed by atoms with Crippen molar-refractivity contribution in [1.82, 2.24) is 0 Å². The van der Waals surface area contributed by atoms with E-state index in [0.717, 1.165) is 6.07 Å². The number of methoxy groups -OCH3 is 2. The summed E-state index contributed by atoms with van der Waals surface area (Å²) >= 11 is 0. The van der Waals surface area contributed by atoms with Crippen LogP contribution in [0.5, 0.6) is 28.7 Å². The average Bonchev–Trinajstić information content (AvgIpc) is 3.19. The lowest BCUT2D eigenvalue weighted by atomic mass is 9.98. The largest absolute Gasteiger partial charge is 0.504 e. The molecule has 0 spiro atoms. The maximum Gasteiger partial charge on any atom is 0.239 e. The Morgan fingerprint density at radius 3 is 1.89 bits per heavy atom. The molecule has 0 saturated carbocycles. The van der Waals surface area contributed by atoms with Gasteiger partial charge < -0.3 is 98.5 Å². The van der Waals surface area contributed by atoms with Crippen molar-refractivity contribution < 1.29 is 98.5 Å². The van der Waals surface area contributed by atoms with Crippen molar-refractivity contribution in [2.45, 2.75) is 99.0 Å². The summed E-state index contributed by atoms with van der Waals surface area (Å²) in [7, 11) is 2.59. The molecule has 21 heteroatoms. The van der Waals surface area contributed by atoms with Crippen molar-refractivity contribution >= 4 is 11.0 Å². The van der Waals surface area contributed by atoms with Gasteiger partial charge in [-0.3, -0.25) is 4.79 Å². The van der Waals surface area contributed by atoms with Gasteiger partial charge in [-0.15, -0.1) is 0 Å². The number of rotatable bonds is 11.